The Morgan fingerprint density at radius 3 is 3.00 bits per heavy atom. The van der Waals surface area contributed by atoms with E-state index in [0.717, 1.165) is 0 Å². The lowest BCUT2D eigenvalue weighted by molar-refractivity contribution is -0.123. The van der Waals surface area contributed by atoms with Crippen LogP contribution in [0.4, 0.5) is 13.2 Å². The first-order valence-electron chi connectivity index (χ1n) is 5.99. The van der Waals surface area contributed by atoms with Gasteiger partial charge in [0, 0.05) is 24.2 Å². The van der Waals surface area contributed by atoms with Gasteiger partial charge in [-0.1, -0.05) is 0 Å². The van der Waals surface area contributed by atoms with Crippen LogP contribution in [0.15, 0.2) is 18.3 Å². The maximum Gasteiger partial charge on any atom is 0.405 e. The van der Waals surface area contributed by atoms with Crippen LogP contribution in [0.2, 0.25) is 0 Å². The summed E-state index contributed by atoms with van der Waals surface area (Å²) >= 11 is 0. The van der Waals surface area contributed by atoms with E-state index >= 15 is 0 Å². The lowest BCUT2D eigenvalue weighted by Gasteiger charge is -2.12. The number of alkyl halides is 3. The number of nitrogens with zero attached hydrogens (tertiary/aromatic N) is 1. The van der Waals surface area contributed by atoms with Gasteiger partial charge in [0.15, 0.2) is 0 Å². The van der Waals surface area contributed by atoms with E-state index < -0.39 is 18.6 Å². The molecule has 1 amide bonds. The third kappa shape index (κ3) is 4.37. The molecule has 1 saturated heterocycles. The SMILES string of the molecule is O=C(NCC(F)(F)F)c1ccnc(O[C@@H]2CCOC2)c1. The predicted octanol–water partition coefficient (Wildman–Crippen LogP) is 1.54. The van der Waals surface area contributed by atoms with Crippen LogP contribution in [0, 0.1) is 0 Å². The molecule has 1 N–H and O–H groups in total. The van der Waals surface area contributed by atoms with Gasteiger partial charge in [0.05, 0.1) is 13.2 Å². The molecule has 0 saturated carbocycles. The first kappa shape index (κ1) is 14.6. The molecule has 0 aliphatic carbocycles. The maximum absolute atomic E-state index is 12.0. The molecule has 0 aromatic carbocycles. The van der Waals surface area contributed by atoms with Gasteiger partial charge in [-0.05, 0) is 6.07 Å². The van der Waals surface area contributed by atoms with Crippen LogP contribution in [-0.4, -0.2) is 42.9 Å². The zero-order chi connectivity index (χ0) is 14.6. The van der Waals surface area contributed by atoms with Crippen LogP contribution in [0.1, 0.15) is 16.8 Å². The number of carbonyl (C=O) groups excluding carboxylic acids is 1. The molecule has 2 rings (SSSR count). The fraction of sp³-hybridized carbons (Fsp3) is 0.500. The summed E-state index contributed by atoms with van der Waals surface area (Å²) < 4.78 is 46.6. The predicted molar refractivity (Wildman–Crippen MR) is 62.5 cm³/mol. The van der Waals surface area contributed by atoms with Crippen molar-refractivity contribution in [3.63, 3.8) is 0 Å². The van der Waals surface area contributed by atoms with Crippen LogP contribution in [0.3, 0.4) is 0 Å². The molecule has 1 aromatic heterocycles. The van der Waals surface area contributed by atoms with Crippen LogP contribution in [0.25, 0.3) is 0 Å². The number of aromatic nitrogens is 1. The second-order valence-electron chi connectivity index (χ2n) is 4.28. The molecule has 1 aliphatic heterocycles. The smallest absolute Gasteiger partial charge is 0.405 e. The Hall–Kier alpha value is -1.83. The first-order valence-corrected chi connectivity index (χ1v) is 5.99. The number of nitrogens with one attached hydrogen (secondary N) is 1. The first-order chi connectivity index (χ1) is 9.44. The minimum absolute atomic E-state index is 0.0677. The molecule has 1 aliphatic rings. The summed E-state index contributed by atoms with van der Waals surface area (Å²) in [6.07, 6.45) is -2.56. The molecule has 0 bridgehead atoms. The van der Waals surface area contributed by atoms with Crippen molar-refractivity contribution in [1.29, 1.82) is 0 Å². The fourth-order valence-corrected chi connectivity index (χ4v) is 1.67. The summed E-state index contributed by atoms with van der Waals surface area (Å²) in [4.78, 5) is 15.5. The zero-order valence-corrected chi connectivity index (χ0v) is 10.4. The molecule has 0 spiro atoms. The van der Waals surface area contributed by atoms with Gasteiger partial charge >= 0.3 is 6.18 Å². The van der Waals surface area contributed by atoms with Crippen molar-refractivity contribution in [2.45, 2.75) is 18.7 Å². The van der Waals surface area contributed by atoms with Crippen LogP contribution in [0.5, 0.6) is 5.88 Å². The lowest BCUT2D eigenvalue weighted by atomic mass is 10.2. The molecule has 1 aromatic rings. The highest BCUT2D eigenvalue weighted by atomic mass is 19.4. The number of halogens is 3. The van der Waals surface area contributed by atoms with E-state index in [1.165, 1.54) is 18.3 Å². The normalized spacial score (nSPS) is 18.9. The number of hydrogen-bond donors (Lipinski definition) is 1. The lowest BCUT2D eigenvalue weighted by Crippen LogP contribution is -2.33. The maximum atomic E-state index is 12.0. The van der Waals surface area contributed by atoms with Gasteiger partial charge in [0.2, 0.25) is 5.88 Å². The Labute approximate surface area is 113 Å². The molecular formula is C12H13F3N2O3. The fourth-order valence-electron chi connectivity index (χ4n) is 1.67. The molecule has 1 fully saturated rings. The summed E-state index contributed by atoms with van der Waals surface area (Å²) in [6, 6.07) is 2.63. The van der Waals surface area contributed by atoms with Gasteiger partial charge in [-0.2, -0.15) is 13.2 Å². The Bertz CT molecular complexity index is 473. The van der Waals surface area contributed by atoms with E-state index in [9.17, 15) is 18.0 Å². The Morgan fingerprint density at radius 2 is 2.35 bits per heavy atom. The van der Waals surface area contributed by atoms with E-state index in [-0.39, 0.29) is 17.5 Å². The molecule has 0 radical (unpaired) electrons. The van der Waals surface area contributed by atoms with Crippen molar-refractivity contribution >= 4 is 5.91 Å². The van der Waals surface area contributed by atoms with Gasteiger partial charge in [0.25, 0.3) is 5.91 Å². The average Bonchev–Trinajstić information content (AvgIpc) is 2.88. The highest BCUT2D eigenvalue weighted by Gasteiger charge is 2.28. The summed E-state index contributed by atoms with van der Waals surface area (Å²) in [6.45, 7) is -0.344. The standard InChI is InChI=1S/C12H13F3N2O3/c13-12(14,15)7-17-11(18)8-1-3-16-10(5-8)20-9-2-4-19-6-9/h1,3,5,9H,2,4,6-7H2,(H,17,18)/t9-/m1/s1. The Morgan fingerprint density at radius 1 is 1.55 bits per heavy atom. The molecule has 5 nitrogen and oxygen atoms in total. The van der Waals surface area contributed by atoms with Gasteiger partial charge < -0.3 is 14.8 Å². The summed E-state index contributed by atoms with van der Waals surface area (Å²) in [5, 5.41) is 1.79. The van der Waals surface area contributed by atoms with E-state index in [1.54, 1.807) is 5.32 Å². The number of carbonyl (C=O) groups is 1. The topological polar surface area (TPSA) is 60.5 Å². The van der Waals surface area contributed by atoms with E-state index in [2.05, 4.69) is 4.98 Å². The molecule has 0 unspecified atom stereocenters. The van der Waals surface area contributed by atoms with Crippen molar-refractivity contribution in [2.24, 2.45) is 0 Å². The van der Waals surface area contributed by atoms with E-state index in [1.807, 2.05) is 0 Å². The number of rotatable bonds is 4. The second-order valence-corrected chi connectivity index (χ2v) is 4.28. The highest BCUT2D eigenvalue weighted by molar-refractivity contribution is 5.94. The van der Waals surface area contributed by atoms with E-state index in [4.69, 9.17) is 9.47 Å². The Balaban J connectivity index is 1.96. The molecule has 8 heteroatoms. The molecule has 20 heavy (non-hydrogen) atoms. The quantitative estimate of drug-likeness (QED) is 0.914. The highest BCUT2D eigenvalue weighted by Crippen LogP contribution is 2.16. The van der Waals surface area contributed by atoms with Crippen LogP contribution in [-0.2, 0) is 4.74 Å². The van der Waals surface area contributed by atoms with Gasteiger partial charge in [-0.15, -0.1) is 0 Å². The number of hydrogen-bond acceptors (Lipinski definition) is 4. The van der Waals surface area contributed by atoms with Gasteiger partial charge in [0.1, 0.15) is 12.6 Å². The molecule has 110 valence electrons. The minimum Gasteiger partial charge on any atom is -0.472 e. The largest absolute Gasteiger partial charge is 0.472 e. The van der Waals surface area contributed by atoms with Gasteiger partial charge in [-0.25, -0.2) is 4.98 Å². The summed E-state index contributed by atoms with van der Waals surface area (Å²) in [7, 11) is 0. The van der Waals surface area contributed by atoms with Crippen molar-refractivity contribution in [2.75, 3.05) is 19.8 Å². The van der Waals surface area contributed by atoms with E-state index in [0.29, 0.717) is 19.6 Å². The van der Waals surface area contributed by atoms with Crippen molar-refractivity contribution in [3.05, 3.63) is 23.9 Å². The monoisotopic (exact) mass is 290 g/mol. The number of amides is 1. The zero-order valence-electron chi connectivity index (χ0n) is 10.4. The summed E-state index contributed by atoms with van der Waals surface area (Å²) in [5.41, 5.74) is 0.0677. The minimum atomic E-state index is -4.44. The van der Waals surface area contributed by atoms with Gasteiger partial charge in [-0.3, -0.25) is 4.79 Å². The summed E-state index contributed by atoms with van der Waals surface area (Å²) in [5.74, 6) is -0.627. The molecule has 1 atom stereocenters. The third-order valence-corrected chi connectivity index (χ3v) is 2.62. The number of ether oxygens (including phenoxy) is 2. The molecule has 2 heterocycles. The van der Waals surface area contributed by atoms with Crippen molar-refractivity contribution in [3.8, 4) is 5.88 Å². The Kier molecular flexibility index (Phi) is 4.43. The van der Waals surface area contributed by atoms with Crippen molar-refractivity contribution in [1.82, 2.24) is 10.3 Å². The molecular weight excluding hydrogens is 277 g/mol. The van der Waals surface area contributed by atoms with Crippen LogP contribution < -0.4 is 10.1 Å². The average molecular weight is 290 g/mol. The van der Waals surface area contributed by atoms with Crippen molar-refractivity contribution < 1.29 is 27.4 Å². The number of pyridine rings is 1. The third-order valence-electron chi connectivity index (χ3n) is 2.62. The van der Waals surface area contributed by atoms with Crippen LogP contribution >= 0.6 is 0 Å². The second kappa shape index (κ2) is 6.08.